The van der Waals surface area contributed by atoms with Crippen molar-refractivity contribution in [2.75, 3.05) is 12.4 Å². The maximum atomic E-state index is 13.6. The fraction of sp³-hybridized carbons (Fsp3) is 0.0769. The summed E-state index contributed by atoms with van der Waals surface area (Å²) in [6, 6.07) is 7.43. The number of nitrogens with one attached hydrogen (secondary N) is 1. The summed E-state index contributed by atoms with van der Waals surface area (Å²) in [6.07, 6.45) is 2.99. The summed E-state index contributed by atoms with van der Waals surface area (Å²) < 4.78 is 18.6. The molecule has 0 fully saturated rings. The molecule has 2 rings (SSSR count). The molecule has 5 heteroatoms. The van der Waals surface area contributed by atoms with Gasteiger partial charge < -0.3 is 10.1 Å². The van der Waals surface area contributed by atoms with E-state index in [1.807, 2.05) is 0 Å². The Morgan fingerprint density at radius 1 is 1.28 bits per heavy atom. The number of hydrogen-bond donors (Lipinski definition) is 1. The van der Waals surface area contributed by atoms with Gasteiger partial charge in [-0.3, -0.25) is 9.78 Å². The largest absolute Gasteiger partial charge is 0.494 e. The van der Waals surface area contributed by atoms with E-state index in [2.05, 4.69) is 10.3 Å². The smallest absolute Gasteiger partial charge is 0.255 e. The molecule has 1 aromatic heterocycles. The number of pyridine rings is 1. The van der Waals surface area contributed by atoms with Gasteiger partial charge in [-0.15, -0.1) is 0 Å². The van der Waals surface area contributed by atoms with Crippen LogP contribution in [0.2, 0.25) is 0 Å². The normalized spacial score (nSPS) is 9.89. The zero-order valence-electron chi connectivity index (χ0n) is 9.68. The lowest BCUT2D eigenvalue weighted by Gasteiger charge is -2.10. The summed E-state index contributed by atoms with van der Waals surface area (Å²) in [6.45, 7) is 0. The van der Waals surface area contributed by atoms with E-state index in [0.717, 1.165) is 0 Å². The first-order valence-electron chi connectivity index (χ1n) is 5.26. The van der Waals surface area contributed by atoms with Crippen molar-refractivity contribution in [1.29, 1.82) is 0 Å². The second-order valence-corrected chi connectivity index (χ2v) is 3.51. The maximum Gasteiger partial charge on any atom is 0.255 e. The molecule has 1 amide bonds. The minimum absolute atomic E-state index is 0.0295. The Morgan fingerprint density at radius 3 is 2.67 bits per heavy atom. The number of halogens is 1. The minimum Gasteiger partial charge on any atom is -0.494 e. The van der Waals surface area contributed by atoms with E-state index in [1.54, 1.807) is 18.2 Å². The molecule has 0 saturated heterocycles. The molecule has 1 heterocycles. The topological polar surface area (TPSA) is 51.2 Å². The number of hydrogen-bond acceptors (Lipinski definition) is 3. The van der Waals surface area contributed by atoms with Crippen LogP contribution in [-0.4, -0.2) is 18.0 Å². The molecule has 0 unspecified atom stereocenters. The summed E-state index contributed by atoms with van der Waals surface area (Å²) >= 11 is 0. The number of rotatable bonds is 3. The van der Waals surface area contributed by atoms with Gasteiger partial charge in [0.15, 0.2) is 5.82 Å². The lowest BCUT2D eigenvalue weighted by molar-refractivity contribution is 0.102. The van der Waals surface area contributed by atoms with Gasteiger partial charge in [-0.1, -0.05) is 6.07 Å². The van der Waals surface area contributed by atoms with E-state index in [0.29, 0.717) is 5.56 Å². The van der Waals surface area contributed by atoms with Crippen LogP contribution in [0.1, 0.15) is 10.4 Å². The van der Waals surface area contributed by atoms with E-state index in [9.17, 15) is 9.18 Å². The number of carbonyl (C=O) groups is 1. The van der Waals surface area contributed by atoms with Gasteiger partial charge in [0.2, 0.25) is 0 Å². The number of methoxy groups -OCH3 is 1. The molecule has 1 aromatic carbocycles. The predicted octanol–water partition coefficient (Wildman–Crippen LogP) is 2.48. The van der Waals surface area contributed by atoms with E-state index < -0.39 is 11.7 Å². The number of ether oxygens (including phenoxy) is 1. The minimum atomic E-state index is -0.545. The van der Waals surface area contributed by atoms with Crippen molar-refractivity contribution >= 4 is 11.6 Å². The fourth-order valence-electron chi connectivity index (χ4n) is 1.48. The molecule has 92 valence electrons. The average molecular weight is 246 g/mol. The lowest BCUT2D eigenvalue weighted by atomic mass is 10.2. The van der Waals surface area contributed by atoms with Gasteiger partial charge in [0.1, 0.15) is 11.4 Å². The van der Waals surface area contributed by atoms with Crippen LogP contribution in [0.5, 0.6) is 5.75 Å². The Balaban J connectivity index is 2.27. The number of para-hydroxylation sites is 1. The van der Waals surface area contributed by atoms with Crippen molar-refractivity contribution in [1.82, 2.24) is 4.98 Å². The van der Waals surface area contributed by atoms with Crippen molar-refractivity contribution in [2.45, 2.75) is 0 Å². The first kappa shape index (κ1) is 12.0. The molecule has 0 aliphatic rings. The molecule has 0 aliphatic heterocycles. The SMILES string of the molecule is COc1cccc(F)c1NC(=O)c1ccncc1. The summed E-state index contributed by atoms with van der Waals surface area (Å²) in [5, 5.41) is 2.48. The van der Waals surface area contributed by atoms with Crippen molar-refractivity contribution in [3.05, 3.63) is 54.1 Å². The number of benzene rings is 1. The van der Waals surface area contributed by atoms with Crippen molar-refractivity contribution in [3.8, 4) is 5.75 Å². The molecule has 4 nitrogen and oxygen atoms in total. The Kier molecular flexibility index (Phi) is 3.52. The van der Waals surface area contributed by atoms with Gasteiger partial charge in [0, 0.05) is 18.0 Å². The van der Waals surface area contributed by atoms with Crippen molar-refractivity contribution in [3.63, 3.8) is 0 Å². The highest BCUT2D eigenvalue weighted by atomic mass is 19.1. The maximum absolute atomic E-state index is 13.6. The van der Waals surface area contributed by atoms with Crippen LogP contribution < -0.4 is 10.1 Å². The summed E-state index contributed by atoms with van der Waals surface area (Å²) in [5.74, 6) is -0.685. The molecular formula is C13H11FN2O2. The van der Waals surface area contributed by atoms with Gasteiger partial charge in [0.05, 0.1) is 7.11 Å². The van der Waals surface area contributed by atoms with Crippen LogP contribution in [0.15, 0.2) is 42.7 Å². The summed E-state index contributed by atoms with van der Waals surface area (Å²) in [4.78, 5) is 15.7. The monoisotopic (exact) mass is 246 g/mol. The molecule has 2 aromatic rings. The van der Waals surface area contributed by atoms with Crippen LogP contribution in [-0.2, 0) is 0 Å². The molecule has 0 spiro atoms. The summed E-state index contributed by atoms with van der Waals surface area (Å²) in [5.41, 5.74) is 0.428. The van der Waals surface area contributed by atoms with Crippen LogP contribution in [0.4, 0.5) is 10.1 Å². The first-order chi connectivity index (χ1) is 8.72. The van der Waals surface area contributed by atoms with E-state index in [-0.39, 0.29) is 11.4 Å². The average Bonchev–Trinajstić information content (AvgIpc) is 2.42. The molecule has 1 N–H and O–H groups in total. The lowest BCUT2D eigenvalue weighted by Crippen LogP contribution is -2.13. The highest BCUT2D eigenvalue weighted by Gasteiger charge is 2.13. The van der Waals surface area contributed by atoms with Gasteiger partial charge in [-0.25, -0.2) is 4.39 Å². The molecule has 0 bridgehead atoms. The quantitative estimate of drug-likeness (QED) is 0.905. The van der Waals surface area contributed by atoms with Crippen LogP contribution in [0.25, 0.3) is 0 Å². The van der Waals surface area contributed by atoms with Gasteiger partial charge in [-0.2, -0.15) is 0 Å². The van der Waals surface area contributed by atoms with Crippen LogP contribution in [0.3, 0.4) is 0 Å². The van der Waals surface area contributed by atoms with Gasteiger partial charge in [0.25, 0.3) is 5.91 Å². The Bertz CT molecular complexity index is 558. The second-order valence-electron chi connectivity index (χ2n) is 3.51. The first-order valence-corrected chi connectivity index (χ1v) is 5.26. The highest BCUT2D eigenvalue weighted by Crippen LogP contribution is 2.27. The van der Waals surface area contributed by atoms with Crippen LogP contribution >= 0.6 is 0 Å². The van der Waals surface area contributed by atoms with Gasteiger partial charge in [-0.05, 0) is 24.3 Å². The molecule has 0 radical (unpaired) electrons. The number of aromatic nitrogens is 1. The van der Waals surface area contributed by atoms with Gasteiger partial charge >= 0.3 is 0 Å². The Hall–Kier alpha value is -2.43. The third-order valence-corrected chi connectivity index (χ3v) is 2.38. The van der Waals surface area contributed by atoms with E-state index in [4.69, 9.17) is 4.74 Å². The van der Waals surface area contributed by atoms with Crippen molar-refractivity contribution < 1.29 is 13.9 Å². The number of nitrogens with zero attached hydrogens (tertiary/aromatic N) is 1. The zero-order valence-corrected chi connectivity index (χ0v) is 9.68. The van der Waals surface area contributed by atoms with E-state index in [1.165, 1.54) is 31.6 Å². The predicted molar refractivity (Wildman–Crippen MR) is 65.1 cm³/mol. The second kappa shape index (κ2) is 5.27. The van der Waals surface area contributed by atoms with Crippen LogP contribution in [0, 0.1) is 5.82 Å². The molecule has 18 heavy (non-hydrogen) atoms. The molecular weight excluding hydrogens is 235 g/mol. The zero-order chi connectivity index (χ0) is 13.0. The third kappa shape index (κ3) is 2.45. The molecule has 0 aliphatic carbocycles. The molecule has 0 atom stereocenters. The summed E-state index contributed by atoms with van der Waals surface area (Å²) in [7, 11) is 1.41. The fourth-order valence-corrected chi connectivity index (χ4v) is 1.48. The third-order valence-electron chi connectivity index (χ3n) is 2.38. The number of amides is 1. The number of carbonyl (C=O) groups excluding carboxylic acids is 1. The highest BCUT2D eigenvalue weighted by molar-refractivity contribution is 6.04. The standard InChI is InChI=1S/C13H11FN2O2/c1-18-11-4-2-3-10(14)12(11)16-13(17)9-5-7-15-8-6-9/h2-8H,1H3,(H,16,17). The van der Waals surface area contributed by atoms with E-state index >= 15 is 0 Å². The Morgan fingerprint density at radius 2 is 2.00 bits per heavy atom. The Labute approximate surface area is 103 Å². The molecule has 0 saturated carbocycles. The number of anilines is 1. The van der Waals surface area contributed by atoms with Crippen molar-refractivity contribution in [2.24, 2.45) is 0 Å².